The van der Waals surface area contributed by atoms with E-state index in [0.717, 1.165) is 18.4 Å². The van der Waals surface area contributed by atoms with Crippen molar-refractivity contribution in [1.29, 1.82) is 0 Å². The Labute approximate surface area is 117 Å². The zero-order valence-corrected chi connectivity index (χ0v) is 11.4. The number of rotatable bonds is 3. The van der Waals surface area contributed by atoms with E-state index in [0.29, 0.717) is 5.02 Å². The van der Waals surface area contributed by atoms with Gasteiger partial charge in [-0.25, -0.2) is 4.79 Å². The molecule has 0 heterocycles. The molecule has 1 aromatic rings. The first-order valence-electron chi connectivity index (χ1n) is 6.50. The molecule has 1 amide bonds. The van der Waals surface area contributed by atoms with Gasteiger partial charge in [-0.1, -0.05) is 48.2 Å². The lowest BCUT2D eigenvalue weighted by Gasteiger charge is -2.21. The highest BCUT2D eigenvalue weighted by Crippen LogP contribution is 2.17. The highest BCUT2D eigenvalue weighted by molar-refractivity contribution is 6.30. The molecule has 1 aromatic carbocycles. The Morgan fingerprint density at radius 2 is 1.95 bits per heavy atom. The first kappa shape index (κ1) is 13.9. The average molecular weight is 281 g/mol. The molecule has 0 aliphatic heterocycles. The zero-order chi connectivity index (χ0) is 13.5. The summed E-state index contributed by atoms with van der Waals surface area (Å²) in [7, 11) is 0. The molecule has 0 unspecified atom stereocenters. The van der Waals surface area contributed by atoms with Crippen molar-refractivity contribution in [3.8, 4) is 0 Å². The van der Waals surface area contributed by atoms with Crippen LogP contribution in [0.2, 0.25) is 5.02 Å². The molecule has 0 bridgehead atoms. The maximum Gasteiger partial charge on any atom is 0.433 e. The number of carbonyl (C=O) groups is 1. The molecule has 1 saturated carbocycles. The minimum Gasteiger partial charge on any atom is -0.317 e. The third-order valence-electron chi connectivity index (χ3n) is 3.13. The normalized spacial score (nSPS) is 16.5. The Morgan fingerprint density at radius 1 is 1.26 bits per heavy atom. The molecule has 5 heteroatoms. The van der Waals surface area contributed by atoms with Crippen LogP contribution in [-0.2, 0) is 4.84 Å². The first-order valence-corrected chi connectivity index (χ1v) is 6.88. The molecule has 0 radical (unpaired) electrons. The number of halogens is 1. The lowest BCUT2D eigenvalue weighted by Crippen LogP contribution is -2.35. The second kappa shape index (κ2) is 7.14. The monoisotopic (exact) mass is 280 g/mol. The largest absolute Gasteiger partial charge is 0.433 e. The highest BCUT2D eigenvalue weighted by atomic mass is 35.5. The fourth-order valence-electron chi connectivity index (χ4n) is 2.12. The second-order valence-corrected chi connectivity index (χ2v) is 5.08. The number of amides is 1. The van der Waals surface area contributed by atoms with Crippen LogP contribution >= 0.6 is 11.6 Å². The summed E-state index contributed by atoms with van der Waals surface area (Å²) in [5, 5.41) is 7.14. The lowest BCUT2D eigenvalue weighted by atomic mass is 9.96. The van der Waals surface area contributed by atoms with Gasteiger partial charge >= 0.3 is 6.09 Å². The number of oxime groups is 1. The summed E-state index contributed by atoms with van der Waals surface area (Å²) < 4.78 is 0. The molecule has 0 atom stereocenters. The van der Waals surface area contributed by atoms with Crippen LogP contribution in [0.5, 0.6) is 0 Å². The Morgan fingerprint density at radius 3 is 2.63 bits per heavy atom. The van der Waals surface area contributed by atoms with Crippen molar-refractivity contribution >= 4 is 23.9 Å². The number of benzene rings is 1. The minimum atomic E-state index is -0.489. The van der Waals surface area contributed by atoms with Gasteiger partial charge in [0, 0.05) is 11.1 Å². The predicted molar refractivity (Wildman–Crippen MR) is 75.5 cm³/mol. The van der Waals surface area contributed by atoms with E-state index in [1.165, 1.54) is 25.5 Å². The Kier molecular flexibility index (Phi) is 5.21. The van der Waals surface area contributed by atoms with Gasteiger partial charge in [0.15, 0.2) is 0 Å². The molecule has 1 aliphatic carbocycles. The van der Waals surface area contributed by atoms with Crippen LogP contribution < -0.4 is 5.32 Å². The molecule has 4 nitrogen and oxygen atoms in total. The molecular formula is C14H17ClN2O2. The van der Waals surface area contributed by atoms with E-state index in [2.05, 4.69) is 10.5 Å². The van der Waals surface area contributed by atoms with E-state index in [9.17, 15) is 4.79 Å². The molecule has 1 fully saturated rings. The Hall–Kier alpha value is -1.55. The number of nitrogens with one attached hydrogen (secondary N) is 1. The van der Waals surface area contributed by atoms with E-state index >= 15 is 0 Å². The summed E-state index contributed by atoms with van der Waals surface area (Å²) in [4.78, 5) is 16.3. The van der Waals surface area contributed by atoms with Crippen molar-refractivity contribution in [2.45, 2.75) is 38.1 Å². The third kappa shape index (κ3) is 4.91. The first-order chi connectivity index (χ1) is 9.24. The number of hydrogen-bond acceptors (Lipinski definition) is 3. The summed E-state index contributed by atoms with van der Waals surface area (Å²) in [6, 6.07) is 7.34. The molecule has 19 heavy (non-hydrogen) atoms. The van der Waals surface area contributed by atoms with E-state index in [1.54, 1.807) is 24.3 Å². The Bertz CT molecular complexity index is 439. The molecule has 1 N–H and O–H groups in total. The third-order valence-corrected chi connectivity index (χ3v) is 3.39. The van der Waals surface area contributed by atoms with Gasteiger partial charge in [-0.2, -0.15) is 0 Å². The minimum absolute atomic E-state index is 0.229. The van der Waals surface area contributed by atoms with Crippen LogP contribution in [-0.4, -0.2) is 18.3 Å². The molecule has 0 saturated heterocycles. The maximum atomic E-state index is 11.5. The Balaban J connectivity index is 1.74. The molecular weight excluding hydrogens is 264 g/mol. The number of carbonyl (C=O) groups excluding carboxylic acids is 1. The second-order valence-electron chi connectivity index (χ2n) is 4.64. The van der Waals surface area contributed by atoms with Gasteiger partial charge in [0.1, 0.15) is 0 Å². The summed E-state index contributed by atoms with van der Waals surface area (Å²) in [5.74, 6) is 0. The van der Waals surface area contributed by atoms with Crippen molar-refractivity contribution in [1.82, 2.24) is 5.32 Å². The average Bonchev–Trinajstić information content (AvgIpc) is 2.42. The lowest BCUT2D eigenvalue weighted by molar-refractivity contribution is 0.144. The van der Waals surface area contributed by atoms with Crippen LogP contribution in [0, 0.1) is 0 Å². The highest BCUT2D eigenvalue weighted by Gasteiger charge is 2.16. The quantitative estimate of drug-likeness (QED) is 0.521. The number of nitrogens with zero attached hydrogens (tertiary/aromatic N) is 1. The SMILES string of the molecule is O=C(NC1CCCCC1)ON=Cc1ccc(Cl)cc1. The van der Waals surface area contributed by atoms with Crippen molar-refractivity contribution < 1.29 is 9.63 Å². The zero-order valence-electron chi connectivity index (χ0n) is 10.6. The smallest absolute Gasteiger partial charge is 0.317 e. The van der Waals surface area contributed by atoms with Crippen LogP contribution in [0.1, 0.15) is 37.7 Å². The fraction of sp³-hybridized carbons (Fsp3) is 0.429. The molecule has 0 spiro atoms. The van der Waals surface area contributed by atoms with Crippen LogP contribution in [0.25, 0.3) is 0 Å². The van der Waals surface area contributed by atoms with Crippen LogP contribution in [0.15, 0.2) is 29.4 Å². The van der Waals surface area contributed by atoms with E-state index < -0.39 is 6.09 Å². The van der Waals surface area contributed by atoms with Gasteiger partial charge in [0.05, 0.1) is 6.21 Å². The van der Waals surface area contributed by atoms with Crippen LogP contribution in [0.4, 0.5) is 4.79 Å². The van der Waals surface area contributed by atoms with Gasteiger partial charge < -0.3 is 5.32 Å². The molecule has 0 aromatic heterocycles. The summed E-state index contributed by atoms with van der Waals surface area (Å²) >= 11 is 5.76. The van der Waals surface area contributed by atoms with Crippen molar-refractivity contribution in [3.63, 3.8) is 0 Å². The number of hydrogen-bond donors (Lipinski definition) is 1. The maximum absolute atomic E-state index is 11.5. The van der Waals surface area contributed by atoms with Crippen molar-refractivity contribution in [2.24, 2.45) is 5.16 Å². The fourth-order valence-corrected chi connectivity index (χ4v) is 2.25. The van der Waals surface area contributed by atoms with Gasteiger partial charge in [0.25, 0.3) is 0 Å². The predicted octanol–water partition coefficient (Wildman–Crippen LogP) is 3.73. The van der Waals surface area contributed by atoms with Gasteiger partial charge in [-0.05, 0) is 30.5 Å². The van der Waals surface area contributed by atoms with Gasteiger partial charge in [0.2, 0.25) is 0 Å². The van der Waals surface area contributed by atoms with E-state index in [4.69, 9.17) is 16.4 Å². The van der Waals surface area contributed by atoms with Gasteiger partial charge in [-0.3, -0.25) is 4.84 Å². The van der Waals surface area contributed by atoms with E-state index in [1.807, 2.05) is 0 Å². The van der Waals surface area contributed by atoms with E-state index in [-0.39, 0.29) is 6.04 Å². The topological polar surface area (TPSA) is 50.7 Å². The molecule has 102 valence electrons. The van der Waals surface area contributed by atoms with Crippen molar-refractivity contribution in [2.75, 3.05) is 0 Å². The standard InChI is InChI=1S/C14H17ClN2O2/c15-12-8-6-11(7-9-12)10-16-19-14(18)17-13-4-2-1-3-5-13/h6-10,13H,1-5H2,(H,17,18). The molecule has 2 rings (SSSR count). The van der Waals surface area contributed by atoms with Gasteiger partial charge in [-0.15, -0.1) is 0 Å². The summed E-state index contributed by atoms with van der Waals surface area (Å²) in [5.41, 5.74) is 0.829. The molecule has 1 aliphatic rings. The summed E-state index contributed by atoms with van der Waals surface area (Å²) in [6.45, 7) is 0. The summed E-state index contributed by atoms with van der Waals surface area (Å²) in [6.07, 6.45) is 6.63. The van der Waals surface area contributed by atoms with Crippen molar-refractivity contribution in [3.05, 3.63) is 34.9 Å². The van der Waals surface area contributed by atoms with Crippen LogP contribution in [0.3, 0.4) is 0 Å².